The molecule has 6 nitrogen and oxygen atoms in total. The molecule has 1 fully saturated rings. The van der Waals surface area contributed by atoms with E-state index in [4.69, 9.17) is 9.47 Å². The van der Waals surface area contributed by atoms with E-state index in [1.165, 1.54) is 20.0 Å². The van der Waals surface area contributed by atoms with E-state index in [0.29, 0.717) is 16.3 Å². The van der Waals surface area contributed by atoms with Crippen molar-refractivity contribution in [3.63, 3.8) is 0 Å². The lowest BCUT2D eigenvalue weighted by molar-refractivity contribution is 0.0606. The molecule has 1 aromatic heterocycles. The number of ether oxygens (including phenoxy) is 2. The van der Waals surface area contributed by atoms with Gasteiger partial charge in [0.15, 0.2) is 0 Å². The smallest absolute Gasteiger partial charge is 0.348 e. The maximum atomic E-state index is 12.5. The lowest BCUT2D eigenvalue weighted by atomic mass is 10.1. The number of benzene rings is 1. The van der Waals surface area contributed by atoms with Crippen LogP contribution in [-0.4, -0.2) is 50.6 Å². The zero-order chi connectivity index (χ0) is 19.2. The average molecular weight is 388 g/mol. The number of thiophene rings is 1. The van der Waals surface area contributed by atoms with E-state index in [0.717, 1.165) is 35.7 Å². The highest BCUT2D eigenvalue weighted by Gasteiger charge is 2.24. The van der Waals surface area contributed by atoms with Crippen LogP contribution in [0.3, 0.4) is 0 Å². The predicted octanol–water partition coefficient (Wildman–Crippen LogP) is 3.11. The molecular formula is C20H24N2O4S. The number of hydrogen-bond donors (Lipinski definition) is 1. The summed E-state index contributed by atoms with van der Waals surface area (Å²) < 4.78 is 9.94. The number of nitrogens with zero attached hydrogens (tertiary/aromatic N) is 1. The molecule has 1 unspecified atom stereocenters. The number of rotatable bonds is 7. The van der Waals surface area contributed by atoms with Crippen molar-refractivity contribution in [2.24, 2.45) is 0 Å². The van der Waals surface area contributed by atoms with Gasteiger partial charge in [-0.15, -0.1) is 11.3 Å². The van der Waals surface area contributed by atoms with Gasteiger partial charge in [-0.05, 0) is 55.8 Å². The molecule has 1 amide bonds. The summed E-state index contributed by atoms with van der Waals surface area (Å²) in [6.45, 7) is 2.56. The molecular weight excluding hydrogens is 364 g/mol. The summed E-state index contributed by atoms with van der Waals surface area (Å²) in [5, 5.41) is 3.02. The van der Waals surface area contributed by atoms with Crippen LogP contribution < -0.4 is 10.1 Å². The Bertz CT molecular complexity index is 782. The molecule has 3 rings (SSSR count). The molecule has 7 heteroatoms. The highest BCUT2D eigenvalue weighted by Crippen LogP contribution is 2.26. The molecule has 1 aliphatic heterocycles. The lowest BCUT2D eigenvalue weighted by Crippen LogP contribution is -2.36. The fourth-order valence-electron chi connectivity index (χ4n) is 3.28. The van der Waals surface area contributed by atoms with Crippen LogP contribution in [0.25, 0.3) is 0 Å². The van der Waals surface area contributed by atoms with E-state index < -0.39 is 5.97 Å². The van der Waals surface area contributed by atoms with E-state index in [-0.39, 0.29) is 11.9 Å². The molecule has 2 heterocycles. The second-order valence-corrected chi connectivity index (χ2v) is 7.48. The first kappa shape index (κ1) is 19.4. The summed E-state index contributed by atoms with van der Waals surface area (Å²) in [6.07, 6.45) is 2.35. The standard InChI is InChI=1S/C20H24N2O4S/c1-25-15-7-5-14(6-8-15)16(22-11-3-4-12-22)13-21-19(23)17-9-10-18(27-17)20(24)26-2/h5-10,16H,3-4,11-13H2,1-2H3,(H,21,23). The zero-order valence-electron chi connectivity index (χ0n) is 15.6. The highest BCUT2D eigenvalue weighted by atomic mass is 32.1. The first-order chi connectivity index (χ1) is 13.1. The molecule has 0 saturated carbocycles. The van der Waals surface area contributed by atoms with Gasteiger partial charge in [-0.3, -0.25) is 9.69 Å². The van der Waals surface area contributed by atoms with Crippen molar-refractivity contribution in [2.75, 3.05) is 33.9 Å². The first-order valence-corrected chi connectivity index (χ1v) is 9.78. The third kappa shape index (κ3) is 4.67. The van der Waals surface area contributed by atoms with Crippen LogP contribution in [0.1, 0.15) is 43.8 Å². The molecule has 0 radical (unpaired) electrons. The van der Waals surface area contributed by atoms with E-state index in [1.54, 1.807) is 19.2 Å². The van der Waals surface area contributed by atoms with Gasteiger partial charge in [0.2, 0.25) is 0 Å². The maximum absolute atomic E-state index is 12.5. The van der Waals surface area contributed by atoms with Crippen molar-refractivity contribution in [3.8, 4) is 5.75 Å². The van der Waals surface area contributed by atoms with Gasteiger partial charge >= 0.3 is 5.97 Å². The van der Waals surface area contributed by atoms with Crippen molar-refractivity contribution >= 4 is 23.2 Å². The minimum absolute atomic E-state index is 0.113. The van der Waals surface area contributed by atoms with Gasteiger partial charge in [0.25, 0.3) is 5.91 Å². The van der Waals surface area contributed by atoms with E-state index in [1.807, 2.05) is 12.1 Å². The SMILES string of the molecule is COC(=O)c1ccc(C(=O)NCC(c2ccc(OC)cc2)N2CCCC2)s1. The van der Waals surface area contributed by atoms with Gasteiger partial charge < -0.3 is 14.8 Å². The van der Waals surface area contributed by atoms with Crippen LogP contribution in [0.5, 0.6) is 5.75 Å². The average Bonchev–Trinajstić information content (AvgIpc) is 3.40. The van der Waals surface area contributed by atoms with Crippen LogP contribution in [0.4, 0.5) is 0 Å². The summed E-state index contributed by atoms with van der Waals surface area (Å²) >= 11 is 1.14. The van der Waals surface area contributed by atoms with Crippen LogP contribution in [0.15, 0.2) is 36.4 Å². The highest BCUT2D eigenvalue weighted by molar-refractivity contribution is 7.15. The van der Waals surface area contributed by atoms with Crippen molar-refractivity contribution in [1.29, 1.82) is 0 Å². The molecule has 144 valence electrons. The molecule has 1 saturated heterocycles. The van der Waals surface area contributed by atoms with Gasteiger partial charge in [0.1, 0.15) is 10.6 Å². The van der Waals surface area contributed by atoms with E-state index in [9.17, 15) is 9.59 Å². The zero-order valence-corrected chi connectivity index (χ0v) is 16.4. The number of hydrogen-bond acceptors (Lipinski definition) is 6. The Labute approximate surface area is 163 Å². The molecule has 1 aromatic carbocycles. The topological polar surface area (TPSA) is 67.9 Å². The second-order valence-electron chi connectivity index (χ2n) is 6.40. The predicted molar refractivity (Wildman–Crippen MR) is 105 cm³/mol. The molecule has 0 aliphatic carbocycles. The Kier molecular flexibility index (Phi) is 6.47. The Morgan fingerprint density at radius 1 is 1.07 bits per heavy atom. The van der Waals surface area contributed by atoms with Gasteiger partial charge in [0.05, 0.1) is 25.1 Å². The van der Waals surface area contributed by atoms with Crippen molar-refractivity contribution in [1.82, 2.24) is 10.2 Å². The number of nitrogens with one attached hydrogen (secondary N) is 1. The monoisotopic (exact) mass is 388 g/mol. The number of carbonyl (C=O) groups is 2. The van der Waals surface area contributed by atoms with E-state index >= 15 is 0 Å². The maximum Gasteiger partial charge on any atom is 0.348 e. The third-order valence-corrected chi connectivity index (χ3v) is 5.82. The molecule has 27 heavy (non-hydrogen) atoms. The van der Waals surface area contributed by atoms with Crippen LogP contribution >= 0.6 is 11.3 Å². The summed E-state index contributed by atoms with van der Waals surface area (Å²) in [7, 11) is 2.98. The Morgan fingerprint density at radius 2 is 1.74 bits per heavy atom. The van der Waals surface area contributed by atoms with Gasteiger partial charge in [-0.2, -0.15) is 0 Å². The number of esters is 1. The fraction of sp³-hybridized carbons (Fsp3) is 0.400. The van der Waals surface area contributed by atoms with Crippen LogP contribution in [-0.2, 0) is 4.74 Å². The van der Waals surface area contributed by atoms with Crippen molar-refractivity contribution < 1.29 is 19.1 Å². The number of likely N-dealkylation sites (tertiary alicyclic amines) is 1. The molecule has 1 aliphatic rings. The van der Waals surface area contributed by atoms with Crippen molar-refractivity contribution in [3.05, 3.63) is 51.7 Å². The Hall–Kier alpha value is -2.38. The quantitative estimate of drug-likeness (QED) is 0.738. The van der Waals surface area contributed by atoms with Gasteiger partial charge in [-0.1, -0.05) is 12.1 Å². The molecule has 2 aromatic rings. The van der Waals surface area contributed by atoms with Crippen LogP contribution in [0.2, 0.25) is 0 Å². The minimum atomic E-state index is -0.424. The summed E-state index contributed by atoms with van der Waals surface area (Å²) in [6, 6.07) is 11.4. The van der Waals surface area contributed by atoms with E-state index in [2.05, 4.69) is 22.3 Å². The van der Waals surface area contributed by atoms with Gasteiger partial charge in [-0.25, -0.2) is 4.79 Å². The second kappa shape index (κ2) is 9.01. The lowest BCUT2D eigenvalue weighted by Gasteiger charge is -2.28. The Morgan fingerprint density at radius 3 is 2.37 bits per heavy atom. The normalized spacial score (nSPS) is 15.3. The summed E-state index contributed by atoms with van der Waals surface area (Å²) in [4.78, 5) is 27.4. The van der Waals surface area contributed by atoms with Gasteiger partial charge in [0, 0.05) is 6.54 Å². The molecule has 1 N–H and O–H groups in total. The van der Waals surface area contributed by atoms with Crippen molar-refractivity contribution in [2.45, 2.75) is 18.9 Å². The van der Waals surface area contributed by atoms with Crippen LogP contribution in [0, 0.1) is 0 Å². The molecule has 1 atom stereocenters. The fourth-order valence-corrected chi connectivity index (χ4v) is 4.12. The molecule has 0 spiro atoms. The summed E-state index contributed by atoms with van der Waals surface area (Å²) in [5.41, 5.74) is 1.15. The number of amides is 1. The Balaban J connectivity index is 1.69. The third-order valence-electron chi connectivity index (χ3n) is 4.75. The largest absolute Gasteiger partial charge is 0.497 e. The number of carbonyl (C=O) groups excluding carboxylic acids is 2. The molecule has 0 bridgehead atoms. The number of methoxy groups -OCH3 is 2. The first-order valence-electron chi connectivity index (χ1n) is 8.96. The minimum Gasteiger partial charge on any atom is -0.497 e. The summed E-state index contributed by atoms with van der Waals surface area (Å²) in [5.74, 6) is 0.219.